The molecule has 0 fully saturated rings. The number of ether oxygens (including phenoxy) is 2. The minimum atomic E-state index is 0.210. The van der Waals surface area contributed by atoms with Crippen LogP contribution < -0.4 is 10.1 Å². The summed E-state index contributed by atoms with van der Waals surface area (Å²) in [5, 5.41) is 3.35. The molecule has 0 aromatic heterocycles. The summed E-state index contributed by atoms with van der Waals surface area (Å²) in [5.74, 6) is 0.927. The zero-order valence-electron chi connectivity index (χ0n) is 12.0. The third-order valence-electron chi connectivity index (χ3n) is 2.49. The van der Waals surface area contributed by atoms with Crippen LogP contribution in [0, 0.1) is 0 Å². The molecule has 0 bridgehead atoms. The quantitative estimate of drug-likeness (QED) is 0.519. The predicted molar refractivity (Wildman–Crippen MR) is 79.5 cm³/mol. The third-order valence-corrected chi connectivity index (χ3v) is 2.49. The molecule has 0 unspecified atom stereocenters. The highest BCUT2D eigenvalue weighted by atomic mass is 16.5. The minimum Gasteiger partial charge on any atom is -0.491 e. The van der Waals surface area contributed by atoms with Gasteiger partial charge in [-0.15, -0.1) is 6.58 Å². The molecular formula is C16H25NO2. The van der Waals surface area contributed by atoms with Gasteiger partial charge in [0.1, 0.15) is 5.75 Å². The third kappa shape index (κ3) is 7.65. The molecule has 1 rings (SSSR count). The van der Waals surface area contributed by atoms with Crippen molar-refractivity contribution in [1.82, 2.24) is 5.32 Å². The van der Waals surface area contributed by atoms with Crippen molar-refractivity contribution in [2.24, 2.45) is 0 Å². The van der Waals surface area contributed by atoms with Gasteiger partial charge in [-0.1, -0.05) is 18.2 Å². The molecule has 106 valence electrons. The zero-order valence-corrected chi connectivity index (χ0v) is 12.0. The van der Waals surface area contributed by atoms with E-state index >= 15 is 0 Å². The molecule has 3 nitrogen and oxygen atoms in total. The van der Waals surface area contributed by atoms with Crippen molar-refractivity contribution in [1.29, 1.82) is 0 Å². The first-order valence-corrected chi connectivity index (χ1v) is 6.87. The van der Waals surface area contributed by atoms with Crippen LogP contribution in [-0.2, 0) is 11.3 Å². The van der Waals surface area contributed by atoms with E-state index in [1.807, 2.05) is 32.1 Å². The van der Waals surface area contributed by atoms with Crippen LogP contribution in [0.1, 0.15) is 25.8 Å². The Balaban J connectivity index is 2.20. The molecule has 0 saturated carbocycles. The molecule has 0 aliphatic heterocycles. The first-order chi connectivity index (χ1) is 9.22. The van der Waals surface area contributed by atoms with Gasteiger partial charge in [0.25, 0.3) is 0 Å². The largest absolute Gasteiger partial charge is 0.491 e. The molecule has 0 atom stereocenters. The number of benzene rings is 1. The van der Waals surface area contributed by atoms with E-state index in [4.69, 9.17) is 9.47 Å². The Hall–Kier alpha value is -1.32. The Bertz CT molecular complexity index is 364. The Kier molecular flexibility index (Phi) is 7.94. The van der Waals surface area contributed by atoms with Crippen molar-refractivity contribution < 1.29 is 9.47 Å². The molecule has 19 heavy (non-hydrogen) atoms. The first kappa shape index (κ1) is 15.7. The molecule has 3 heteroatoms. The zero-order chi connectivity index (χ0) is 13.9. The second-order valence-electron chi connectivity index (χ2n) is 4.68. The van der Waals surface area contributed by atoms with Gasteiger partial charge < -0.3 is 14.8 Å². The van der Waals surface area contributed by atoms with Crippen molar-refractivity contribution >= 4 is 0 Å². The van der Waals surface area contributed by atoms with E-state index < -0.39 is 0 Å². The van der Waals surface area contributed by atoms with Gasteiger partial charge >= 0.3 is 0 Å². The molecule has 0 saturated heterocycles. The Labute approximate surface area is 116 Å². The summed E-state index contributed by atoms with van der Waals surface area (Å²) in [6.45, 7) is 10.9. The molecule has 0 heterocycles. The first-order valence-electron chi connectivity index (χ1n) is 6.87. The minimum absolute atomic E-state index is 0.210. The van der Waals surface area contributed by atoms with Crippen LogP contribution in [0.2, 0.25) is 0 Å². The van der Waals surface area contributed by atoms with E-state index in [9.17, 15) is 0 Å². The number of hydrogen-bond donors (Lipinski definition) is 1. The predicted octanol–water partition coefficient (Wildman–Crippen LogP) is 3.16. The van der Waals surface area contributed by atoms with Crippen molar-refractivity contribution in [3.05, 3.63) is 42.5 Å². The molecule has 0 aliphatic rings. The molecule has 0 radical (unpaired) electrons. The highest BCUT2D eigenvalue weighted by molar-refractivity contribution is 5.28. The maximum Gasteiger partial charge on any atom is 0.120 e. The SMILES string of the molecule is C=CCCOCCNCc1cccc(OC(C)C)c1. The van der Waals surface area contributed by atoms with Gasteiger partial charge in [0.05, 0.1) is 19.3 Å². The molecule has 1 aromatic rings. The van der Waals surface area contributed by atoms with E-state index in [0.717, 1.165) is 38.5 Å². The summed E-state index contributed by atoms with van der Waals surface area (Å²) < 4.78 is 11.1. The van der Waals surface area contributed by atoms with Crippen LogP contribution in [0.3, 0.4) is 0 Å². The average molecular weight is 263 g/mol. The van der Waals surface area contributed by atoms with Crippen molar-refractivity contribution in [2.75, 3.05) is 19.8 Å². The van der Waals surface area contributed by atoms with Crippen molar-refractivity contribution in [3.63, 3.8) is 0 Å². The summed E-state index contributed by atoms with van der Waals surface area (Å²) in [6.07, 6.45) is 2.99. The number of rotatable bonds is 10. The number of nitrogens with one attached hydrogen (secondary N) is 1. The molecule has 0 amide bonds. The van der Waals surface area contributed by atoms with Gasteiger partial charge in [0, 0.05) is 13.1 Å². The van der Waals surface area contributed by atoms with Gasteiger partial charge in [-0.2, -0.15) is 0 Å². The highest BCUT2D eigenvalue weighted by Gasteiger charge is 1.99. The van der Waals surface area contributed by atoms with Gasteiger partial charge in [-0.3, -0.25) is 0 Å². The maximum atomic E-state index is 5.66. The lowest BCUT2D eigenvalue weighted by Gasteiger charge is -2.11. The topological polar surface area (TPSA) is 30.5 Å². The van der Waals surface area contributed by atoms with Crippen LogP contribution in [0.4, 0.5) is 0 Å². The summed E-state index contributed by atoms with van der Waals surface area (Å²) >= 11 is 0. The Morgan fingerprint density at radius 2 is 2.16 bits per heavy atom. The molecule has 0 spiro atoms. The van der Waals surface area contributed by atoms with E-state index in [1.54, 1.807) is 0 Å². The molecule has 0 aliphatic carbocycles. The number of hydrogen-bond acceptors (Lipinski definition) is 3. The second kappa shape index (κ2) is 9.59. The van der Waals surface area contributed by atoms with Crippen LogP contribution in [0.25, 0.3) is 0 Å². The lowest BCUT2D eigenvalue weighted by molar-refractivity contribution is 0.140. The lowest BCUT2D eigenvalue weighted by atomic mass is 10.2. The van der Waals surface area contributed by atoms with Gasteiger partial charge in [-0.05, 0) is 38.0 Å². The van der Waals surface area contributed by atoms with E-state index in [1.165, 1.54) is 5.56 Å². The van der Waals surface area contributed by atoms with Crippen molar-refractivity contribution in [2.45, 2.75) is 32.9 Å². The highest BCUT2D eigenvalue weighted by Crippen LogP contribution is 2.14. The molecule has 1 N–H and O–H groups in total. The fourth-order valence-electron chi connectivity index (χ4n) is 1.65. The monoisotopic (exact) mass is 263 g/mol. The van der Waals surface area contributed by atoms with E-state index in [-0.39, 0.29) is 6.10 Å². The van der Waals surface area contributed by atoms with Gasteiger partial charge in [0.15, 0.2) is 0 Å². The van der Waals surface area contributed by atoms with Crippen LogP contribution in [-0.4, -0.2) is 25.9 Å². The van der Waals surface area contributed by atoms with E-state index in [0.29, 0.717) is 0 Å². The van der Waals surface area contributed by atoms with Crippen LogP contribution in [0.15, 0.2) is 36.9 Å². The Morgan fingerprint density at radius 3 is 2.89 bits per heavy atom. The summed E-state index contributed by atoms with van der Waals surface area (Å²) in [5.41, 5.74) is 1.23. The standard InChI is InChI=1S/C16H25NO2/c1-4-5-10-18-11-9-17-13-15-7-6-8-16(12-15)19-14(2)3/h4,6-8,12,14,17H,1,5,9-11,13H2,2-3H3. The maximum absolute atomic E-state index is 5.66. The lowest BCUT2D eigenvalue weighted by Crippen LogP contribution is -2.19. The second-order valence-corrected chi connectivity index (χ2v) is 4.68. The van der Waals surface area contributed by atoms with Gasteiger partial charge in [-0.25, -0.2) is 0 Å². The fourth-order valence-corrected chi connectivity index (χ4v) is 1.65. The normalized spacial score (nSPS) is 10.7. The van der Waals surface area contributed by atoms with Crippen LogP contribution >= 0.6 is 0 Å². The van der Waals surface area contributed by atoms with Gasteiger partial charge in [0.2, 0.25) is 0 Å². The van der Waals surface area contributed by atoms with E-state index in [2.05, 4.69) is 24.0 Å². The van der Waals surface area contributed by atoms with Crippen LogP contribution in [0.5, 0.6) is 5.75 Å². The summed E-state index contributed by atoms with van der Waals surface area (Å²) in [6, 6.07) is 8.18. The smallest absolute Gasteiger partial charge is 0.120 e. The van der Waals surface area contributed by atoms with Crippen molar-refractivity contribution in [3.8, 4) is 5.75 Å². The molecule has 1 aromatic carbocycles. The summed E-state index contributed by atoms with van der Waals surface area (Å²) in [7, 11) is 0. The fraction of sp³-hybridized carbons (Fsp3) is 0.500. The summed E-state index contributed by atoms with van der Waals surface area (Å²) in [4.78, 5) is 0. The molecular weight excluding hydrogens is 238 g/mol. The Morgan fingerprint density at radius 1 is 1.32 bits per heavy atom. The average Bonchev–Trinajstić information content (AvgIpc) is 2.37.